The summed E-state index contributed by atoms with van der Waals surface area (Å²) in [5, 5.41) is 18.7. The Morgan fingerprint density at radius 1 is 1.14 bits per heavy atom. The van der Waals surface area contributed by atoms with Gasteiger partial charge < -0.3 is 15.8 Å². The zero-order valence-electron chi connectivity index (χ0n) is 16.4. The summed E-state index contributed by atoms with van der Waals surface area (Å²) in [6.45, 7) is 3.79. The quantitative estimate of drug-likeness (QED) is 0.489. The second-order valence-corrected chi connectivity index (χ2v) is 7.19. The van der Waals surface area contributed by atoms with E-state index in [0.29, 0.717) is 17.7 Å². The lowest BCUT2D eigenvalue weighted by Crippen LogP contribution is -2.17. The van der Waals surface area contributed by atoms with E-state index in [2.05, 4.69) is 28.2 Å². The Kier molecular flexibility index (Phi) is 4.86. The minimum Gasteiger partial charge on any atom is -0.392 e. The third-order valence-corrected chi connectivity index (χ3v) is 5.32. The van der Waals surface area contributed by atoms with Crippen LogP contribution >= 0.6 is 0 Å². The molecule has 0 aliphatic carbocycles. The Bertz CT molecular complexity index is 1230. The molecule has 0 aliphatic rings. The first-order valence-electron chi connectivity index (χ1n) is 9.41. The minimum absolute atomic E-state index is 0.0134. The van der Waals surface area contributed by atoms with Gasteiger partial charge in [0, 0.05) is 22.2 Å². The molecule has 0 atom stereocenters. The molecule has 0 aliphatic heterocycles. The maximum absolute atomic E-state index is 11.8. The summed E-state index contributed by atoms with van der Waals surface area (Å²) in [4.78, 5) is 15.3. The molecule has 0 spiro atoms. The number of nitrogens with two attached hydrogens (primary N) is 1. The van der Waals surface area contributed by atoms with Crippen LogP contribution in [0.25, 0.3) is 22.2 Å². The van der Waals surface area contributed by atoms with Crippen molar-refractivity contribution in [2.45, 2.75) is 26.9 Å². The highest BCUT2D eigenvalue weighted by Gasteiger charge is 2.16. The SMILES string of the molecule is Cc1nncc(Cc2ccc3[nH]c(-c4ccccc4CO)c(C)c3c2)c1C(N)=O. The van der Waals surface area contributed by atoms with Gasteiger partial charge in [0.1, 0.15) is 0 Å². The Morgan fingerprint density at radius 2 is 1.93 bits per heavy atom. The third-order valence-electron chi connectivity index (χ3n) is 5.32. The normalized spacial score (nSPS) is 11.1. The lowest BCUT2D eigenvalue weighted by molar-refractivity contribution is 0.0998. The van der Waals surface area contributed by atoms with Crippen LogP contribution in [0.4, 0.5) is 0 Å². The first-order valence-corrected chi connectivity index (χ1v) is 9.41. The lowest BCUT2D eigenvalue weighted by atomic mass is 9.98. The van der Waals surface area contributed by atoms with Crippen LogP contribution in [0.15, 0.2) is 48.7 Å². The predicted molar refractivity (Wildman–Crippen MR) is 112 cm³/mol. The molecule has 0 radical (unpaired) electrons. The number of hydrogen-bond acceptors (Lipinski definition) is 4. The van der Waals surface area contributed by atoms with Crippen molar-refractivity contribution in [1.82, 2.24) is 15.2 Å². The van der Waals surface area contributed by atoms with Gasteiger partial charge in [-0.3, -0.25) is 4.79 Å². The number of aryl methyl sites for hydroxylation is 2. The summed E-state index contributed by atoms with van der Waals surface area (Å²) in [5.41, 5.74) is 13.4. The average Bonchev–Trinajstić information content (AvgIpc) is 3.04. The van der Waals surface area contributed by atoms with E-state index < -0.39 is 5.91 Å². The number of fused-ring (bicyclic) bond motifs is 1. The fourth-order valence-corrected chi connectivity index (χ4v) is 3.88. The highest BCUT2D eigenvalue weighted by atomic mass is 16.3. The van der Waals surface area contributed by atoms with Crippen molar-refractivity contribution in [2.24, 2.45) is 5.73 Å². The number of benzene rings is 2. The van der Waals surface area contributed by atoms with Crippen molar-refractivity contribution in [3.8, 4) is 11.3 Å². The number of aliphatic hydroxyl groups is 1. The van der Waals surface area contributed by atoms with E-state index in [1.54, 1.807) is 13.1 Å². The lowest BCUT2D eigenvalue weighted by Gasteiger charge is -2.08. The number of aromatic amines is 1. The number of rotatable bonds is 5. The van der Waals surface area contributed by atoms with Gasteiger partial charge in [0.05, 0.1) is 24.1 Å². The number of aliphatic hydroxyl groups excluding tert-OH is 1. The van der Waals surface area contributed by atoms with Crippen LogP contribution in [0.5, 0.6) is 0 Å². The fourth-order valence-electron chi connectivity index (χ4n) is 3.88. The van der Waals surface area contributed by atoms with Gasteiger partial charge in [0.2, 0.25) is 0 Å². The minimum atomic E-state index is -0.491. The molecule has 6 heteroatoms. The van der Waals surface area contributed by atoms with Gasteiger partial charge in [-0.25, -0.2) is 0 Å². The number of hydrogen-bond donors (Lipinski definition) is 3. The van der Waals surface area contributed by atoms with Gasteiger partial charge in [-0.05, 0) is 54.7 Å². The average molecular weight is 386 g/mol. The number of H-pyrrole nitrogens is 1. The second-order valence-electron chi connectivity index (χ2n) is 7.19. The van der Waals surface area contributed by atoms with Gasteiger partial charge in [-0.15, -0.1) is 0 Å². The third kappa shape index (κ3) is 3.39. The van der Waals surface area contributed by atoms with Crippen LogP contribution in [-0.2, 0) is 13.0 Å². The van der Waals surface area contributed by atoms with Crippen molar-refractivity contribution >= 4 is 16.8 Å². The number of nitrogens with one attached hydrogen (secondary N) is 1. The summed E-state index contributed by atoms with van der Waals surface area (Å²) in [6, 6.07) is 14.0. The Labute approximate surface area is 168 Å². The number of primary amides is 1. The van der Waals surface area contributed by atoms with Crippen LogP contribution in [0, 0.1) is 13.8 Å². The fraction of sp³-hybridized carbons (Fsp3) is 0.174. The zero-order chi connectivity index (χ0) is 20.5. The molecule has 146 valence electrons. The summed E-state index contributed by atoms with van der Waals surface area (Å²) < 4.78 is 0. The van der Waals surface area contributed by atoms with Crippen molar-refractivity contribution in [2.75, 3.05) is 0 Å². The monoisotopic (exact) mass is 386 g/mol. The van der Waals surface area contributed by atoms with Crippen molar-refractivity contribution in [1.29, 1.82) is 0 Å². The van der Waals surface area contributed by atoms with Crippen LogP contribution in [0.2, 0.25) is 0 Å². The Hall–Kier alpha value is -3.51. The molecule has 0 saturated heterocycles. The smallest absolute Gasteiger partial charge is 0.250 e. The molecule has 4 aromatic rings. The van der Waals surface area contributed by atoms with Crippen molar-refractivity contribution in [3.05, 3.63) is 82.2 Å². The van der Waals surface area contributed by atoms with E-state index in [-0.39, 0.29) is 6.61 Å². The van der Waals surface area contributed by atoms with Crippen LogP contribution in [0.3, 0.4) is 0 Å². The van der Waals surface area contributed by atoms with Crippen LogP contribution in [-0.4, -0.2) is 26.2 Å². The van der Waals surface area contributed by atoms with E-state index in [1.165, 1.54) is 0 Å². The standard InChI is InChI=1S/C23H22N4O2/c1-13-19-10-15(9-17-11-25-27-14(2)21(17)23(24)29)7-8-20(19)26-22(13)18-6-4-3-5-16(18)12-28/h3-8,10-11,26,28H,9,12H2,1-2H3,(H2,24,29). The molecule has 0 saturated carbocycles. The van der Waals surface area contributed by atoms with E-state index in [9.17, 15) is 9.90 Å². The maximum atomic E-state index is 11.8. The number of carbonyl (C=O) groups excluding carboxylic acids is 1. The molecule has 0 bridgehead atoms. The number of nitrogens with zero attached hydrogens (tertiary/aromatic N) is 2. The van der Waals surface area contributed by atoms with E-state index >= 15 is 0 Å². The first-order chi connectivity index (χ1) is 14.0. The first kappa shape index (κ1) is 18.8. The molecule has 2 heterocycles. The van der Waals surface area contributed by atoms with Crippen LogP contribution in [0.1, 0.15) is 38.3 Å². The number of aromatic nitrogens is 3. The zero-order valence-corrected chi connectivity index (χ0v) is 16.4. The topological polar surface area (TPSA) is 105 Å². The highest BCUT2D eigenvalue weighted by Crippen LogP contribution is 2.32. The van der Waals surface area contributed by atoms with Gasteiger partial charge in [-0.2, -0.15) is 10.2 Å². The Morgan fingerprint density at radius 3 is 2.69 bits per heavy atom. The molecule has 6 nitrogen and oxygen atoms in total. The van der Waals surface area contributed by atoms with Crippen molar-refractivity contribution in [3.63, 3.8) is 0 Å². The molecule has 1 amide bonds. The van der Waals surface area contributed by atoms with E-state index in [1.807, 2.05) is 36.4 Å². The van der Waals surface area contributed by atoms with E-state index in [4.69, 9.17) is 5.73 Å². The highest BCUT2D eigenvalue weighted by molar-refractivity contribution is 5.95. The summed E-state index contributed by atoms with van der Waals surface area (Å²) >= 11 is 0. The van der Waals surface area contributed by atoms with Gasteiger partial charge in [-0.1, -0.05) is 30.3 Å². The Balaban J connectivity index is 1.78. The second kappa shape index (κ2) is 7.48. The van der Waals surface area contributed by atoms with Crippen LogP contribution < -0.4 is 5.73 Å². The molecule has 4 rings (SSSR count). The predicted octanol–water partition coefficient (Wildman–Crippen LogP) is 3.42. The maximum Gasteiger partial charge on any atom is 0.250 e. The summed E-state index contributed by atoms with van der Waals surface area (Å²) in [5.74, 6) is -0.491. The van der Waals surface area contributed by atoms with E-state index in [0.717, 1.165) is 44.4 Å². The van der Waals surface area contributed by atoms with Gasteiger partial charge in [0.25, 0.3) is 5.91 Å². The largest absolute Gasteiger partial charge is 0.392 e. The summed E-state index contributed by atoms with van der Waals surface area (Å²) in [6.07, 6.45) is 2.14. The molecule has 0 fully saturated rings. The number of carbonyl (C=O) groups is 1. The molecule has 29 heavy (non-hydrogen) atoms. The van der Waals surface area contributed by atoms with Gasteiger partial charge in [0.15, 0.2) is 0 Å². The molecule has 2 aromatic heterocycles. The molecule has 0 unspecified atom stereocenters. The molecular formula is C23H22N4O2. The molecular weight excluding hydrogens is 364 g/mol. The number of amides is 1. The summed E-state index contributed by atoms with van der Waals surface area (Å²) in [7, 11) is 0. The van der Waals surface area contributed by atoms with Crippen molar-refractivity contribution < 1.29 is 9.90 Å². The van der Waals surface area contributed by atoms with Gasteiger partial charge >= 0.3 is 0 Å². The molecule has 2 aromatic carbocycles. The molecule has 4 N–H and O–H groups in total.